The summed E-state index contributed by atoms with van der Waals surface area (Å²) < 4.78 is 7.40. The number of aromatic amines is 1. The second-order valence-electron chi connectivity index (χ2n) is 5.40. The predicted molar refractivity (Wildman–Crippen MR) is 82.2 cm³/mol. The molecular weight excluding hydrogens is 322 g/mol. The second-order valence-corrected chi connectivity index (χ2v) is 5.40. The standard InChI is InChI=1S/C13H17N5O6/c1-2-3-17-6-9(15-12(14)16-10(6)22)18(13(17)23)11-8(21)7(20)5(4-19)24-11/h2,5,7-8,11,19-21H,1,3-4H2,(H3,14,15,16,22)/t5-,7+,8-,11-/m1/s1. The van der Waals surface area contributed by atoms with Gasteiger partial charge in [0, 0.05) is 6.54 Å². The molecule has 6 N–H and O–H groups in total. The number of allylic oxidation sites excluding steroid dienone is 1. The molecule has 2 aromatic heterocycles. The van der Waals surface area contributed by atoms with Crippen molar-refractivity contribution < 1.29 is 20.1 Å². The van der Waals surface area contributed by atoms with Gasteiger partial charge in [0.1, 0.15) is 18.3 Å². The molecule has 1 aliphatic rings. The van der Waals surface area contributed by atoms with Gasteiger partial charge >= 0.3 is 5.69 Å². The van der Waals surface area contributed by atoms with Gasteiger partial charge in [0.15, 0.2) is 17.4 Å². The minimum Gasteiger partial charge on any atom is -0.394 e. The van der Waals surface area contributed by atoms with Crippen LogP contribution in [0.15, 0.2) is 22.2 Å². The van der Waals surface area contributed by atoms with Crippen molar-refractivity contribution in [3.63, 3.8) is 0 Å². The lowest BCUT2D eigenvalue weighted by Crippen LogP contribution is -2.36. The lowest BCUT2D eigenvalue weighted by atomic mass is 10.1. The number of hydrogen-bond donors (Lipinski definition) is 5. The Morgan fingerprint density at radius 1 is 1.38 bits per heavy atom. The van der Waals surface area contributed by atoms with Crippen LogP contribution in [0.3, 0.4) is 0 Å². The summed E-state index contributed by atoms with van der Waals surface area (Å²) in [7, 11) is 0. The van der Waals surface area contributed by atoms with Crippen LogP contribution >= 0.6 is 0 Å². The Morgan fingerprint density at radius 3 is 2.67 bits per heavy atom. The largest absolute Gasteiger partial charge is 0.394 e. The van der Waals surface area contributed by atoms with E-state index in [2.05, 4.69) is 16.5 Å². The average molecular weight is 339 g/mol. The zero-order chi connectivity index (χ0) is 17.6. The number of nitrogens with two attached hydrogens (primary N) is 1. The van der Waals surface area contributed by atoms with Crippen molar-refractivity contribution in [2.75, 3.05) is 12.3 Å². The molecule has 0 unspecified atom stereocenters. The fraction of sp³-hybridized carbons (Fsp3) is 0.462. The maximum absolute atomic E-state index is 12.7. The van der Waals surface area contributed by atoms with Gasteiger partial charge in [0.25, 0.3) is 5.56 Å². The molecule has 0 spiro atoms. The zero-order valence-corrected chi connectivity index (χ0v) is 12.5. The first-order valence-electron chi connectivity index (χ1n) is 7.14. The number of aliphatic hydroxyl groups excluding tert-OH is 3. The van der Waals surface area contributed by atoms with Gasteiger partial charge in [-0.3, -0.25) is 14.3 Å². The predicted octanol–water partition coefficient (Wildman–Crippen LogP) is -2.73. The summed E-state index contributed by atoms with van der Waals surface area (Å²) in [5.41, 5.74) is 4.05. The van der Waals surface area contributed by atoms with Gasteiger partial charge in [-0.15, -0.1) is 6.58 Å². The van der Waals surface area contributed by atoms with Crippen molar-refractivity contribution in [3.8, 4) is 0 Å². The summed E-state index contributed by atoms with van der Waals surface area (Å²) in [6.07, 6.45) is -3.88. The van der Waals surface area contributed by atoms with Gasteiger partial charge < -0.3 is 25.8 Å². The molecule has 130 valence electrons. The third-order valence-corrected chi connectivity index (χ3v) is 3.91. The highest BCUT2D eigenvalue weighted by atomic mass is 16.6. The van der Waals surface area contributed by atoms with Crippen LogP contribution in [0.1, 0.15) is 6.23 Å². The van der Waals surface area contributed by atoms with E-state index in [4.69, 9.17) is 10.5 Å². The molecule has 0 radical (unpaired) electrons. The Kier molecular flexibility index (Phi) is 4.01. The highest BCUT2D eigenvalue weighted by Gasteiger charge is 2.45. The Bertz CT molecular complexity index is 899. The molecule has 0 aliphatic carbocycles. The fourth-order valence-corrected chi connectivity index (χ4v) is 2.82. The SMILES string of the molecule is C=CCn1c(=O)n([C@@H]2O[C@H](CO)[C@H](O)[C@H]2O)c2nc(N)[nH]c(=O)c21. The number of hydrogen-bond acceptors (Lipinski definition) is 8. The molecule has 11 nitrogen and oxygen atoms in total. The number of nitrogen functional groups attached to an aromatic ring is 1. The molecule has 1 fully saturated rings. The van der Waals surface area contributed by atoms with Crippen molar-refractivity contribution in [2.45, 2.75) is 31.1 Å². The second kappa shape index (κ2) is 5.87. The molecule has 2 aromatic rings. The first kappa shape index (κ1) is 16.4. The molecule has 0 bridgehead atoms. The van der Waals surface area contributed by atoms with Crippen LogP contribution in [0.25, 0.3) is 11.2 Å². The maximum atomic E-state index is 12.7. The number of ether oxygens (including phenoxy) is 1. The quantitative estimate of drug-likeness (QED) is 0.374. The lowest BCUT2D eigenvalue weighted by Gasteiger charge is -2.15. The summed E-state index contributed by atoms with van der Waals surface area (Å²) in [5, 5.41) is 29.2. The van der Waals surface area contributed by atoms with Crippen molar-refractivity contribution in [3.05, 3.63) is 33.5 Å². The highest BCUT2D eigenvalue weighted by Crippen LogP contribution is 2.30. The topological polar surface area (TPSA) is 169 Å². The first-order valence-corrected chi connectivity index (χ1v) is 7.14. The van der Waals surface area contributed by atoms with Gasteiger partial charge in [-0.05, 0) is 0 Å². The smallest absolute Gasteiger partial charge is 0.333 e. The summed E-state index contributed by atoms with van der Waals surface area (Å²) in [6.45, 7) is 3.00. The molecule has 0 aromatic carbocycles. The van der Waals surface area contributed by atoms with E-state index >= 15 is 0 Å². The Labute approximate surface area is 134 Å². The maximum Gasteiger partial charge on any atom is 0.333 e. The van der Waals surface area contributed by atoms with Crippen molar-refractivity contribution in [2.24, 2.45) is 0 Å². The van der Waals surface area contributed by atoms with Gasteiger partial charge in [0.05, 0.1) is 6.61 Å². The van der Waals surface area contributed by atoms with E-state index < -0.39 is 42.4 Å². The van der Waals surface area contributed by atoms with E-state index in [0.29, 0.717) is 0 Å². The Morgan fingerprint density at radius 2 is 2.08 bits per heavy atom. The van der Waals surface area contributed by atoms with E-state index in [9.17, 15) is 24.9 Å². The van der Waals surface area contributed by atoms with E-state index in [1.165, 1.54) is 6.08 Å². The summed E-state index contributed by atoms with van der Waals surface area (Å²) >= 11 is 0. The molecule has 11 heteroatoms. The molecule has 3 heterocycles. The number of nitrogens with zero attached hydrogens (tertiary/aromatic N) is 3. The zero-order valence-electron chi connectivity index (χ0n) is 12.5. The Balaban J connectivity index is 2.29. The molecule has 1 aliphatic heterocycles. The summed E-state index contributed by atoms with van der Waals surface area (Å²) in [5.74, 6) is -0.219. The molecular formula is C13H17N5O6. The Hall–Kier alpha value is -2.47. The van der Waals surface area contributed by atoms with Gasteiger partial charge in [-0.2, -0.15) is 4.98 Å². The van der Waals surface area contributed by atoms with Crippen LogP contribution in [0, 0.1) is 0 Å². The van der Waals surface area contributed by atoms with Crippen LogP contribution in [0.5, 0.6) is 0 Å². The third kappa shape index (κ3) is 2.26. The molecule has 0 saturated carbocycles. The summed E-state index contributed by atoms with van der Waals surface area (Å²) in [4.78, 5) is 31.1. The number of anilines is 1. The van der Waals surface area contributed by atoms with Crippen LogP contribution in [0.4, 0.5) is 5.95 Å². The van der Waals surface area contributed by atoms with E-state index in [1.807, 2.05) is 0 Å². The number of fused-ring (bicyclic) bond motifs is 1. The van der Waals surface area contributed by atoms with Gasteiger partial charge in [-0.25, -0.2) is 9.36 Å². The average Bonchev–Trinajstić information content (AvgIpc) is 2.96. The number of H-pyrrole nitrogens is 1. The number of nitrogens with one attached hydrogen (secondary N) is 1. The minimum atomic E-state index is -1.50. The number of aliphatic hydroxyl groups is 3. The van der Waals surface area contributed by atoms with E-state index in [1.54, 1.807) is 0 Å². The number of imidazole rings is 1. The van der Waals surface area contributed by atoms with Gasteiger partial charge in [0.2, 0.25) is 5.95 Å². The number of aromatic nitrogens is 4. The molecule has 3 rings (SSSR count). The lowest BCUT2D eigenvalue weighted by molar-refractivity contribution is -0.0527. The van der Waals surface area contributed by atoms with Crippen molar-refractivity contribution >= 4 is 17.1 Å². The highest BCUT2D eigenvalue weighted by molar-refractivity contribution is 5.71. The molecule has 24 heavy (non-hydrogen) atoms. The van der Waals surface area contributed by atoms with Crippen LogP contribution in [-0.2, 0) is 11.3 Å². The molecule has 0 amide bonds. The van der Waals surface area contributed by atoms with Crippen LogP contribution in [0.2, 0.25) is 0 Å². The van der Waals surface area contributed by atoms with E-state index in [0.717, 1.165) is 9.13 Å². The molecule has 4 atom stereocenters. The van der Waals surface area contributed by atoms with Crippen LogP contribution < -0.4 is 17.0 Å². The van der Waals surface area contributed by atoms with Crippen molar-refractivity contribution in [1.82, 2.24) is 19.1 Å². The summed E-state index contributed by atoms with van der Waals surface area (Å²) in [6, 6.07) is 0. The van der Waals surface area contributed by atoms with E-state index in [-0.39, 0.29) is 23.7 Å². The fourth-order valence-electron chi connectivity index (χ4n) is 2.82. The van der Waals surface area contributed by atoms with Gasteiger partial charge in [-0.1, -0.05) is 6.08 Å². The molecule has 1 saturated heterocycles. The first-order chi connectivity index (χ1) is 11.4. The normalized spacial score (nSPS) is 27.0. The monoisotopic (exact) mass is 339 g/mol. The minimum absolute atomic E-state index is 0.0197. The van der Waals surface area contributed by atoms with Crippen LogP contribution in [-0.4, -0.2) is 59.3 Å². The van der Waals surface area contributed by atoms with Crippen molar-refractivity contribution in [1.29, 1.82) is 0 Å². The number of rotatable bonds is 4. The third-order valence-electron chi connectivity index (χ3n) is 3.91.